The standard InChI is InChI=1S/C9H14F2O2/c10-9(11)7(5-8(12)13)6-3-1-2-4-6/h6-7,9H,1-5H2,(H,12,13). The molecule has 0 heterocycles. The second-order valence-corrected chi connectivity index (χ2v) is 3.64. The number of carbonyl (C=O) groups is 1. The van der Waals surface area contributed by atoms with Gasteiger partial charge in [-0.3, -0.25) is 4.79 Å². The third-order valence-corrected chi connectivity index (χ3v) is 2.74. The van der Waals surface area contributed by atoms with Crippen molar-refractivity contribution in [2.75, 3.05) is 0 Å². The van der Waals surface area contributed by atoms with Crippen molar-refractivity contribution in [1.29, 1.82) is 0 Å². The number of hydrogen-bond donors (Lipinski definition) is 1. The minimum atomic E-state index is -2.49. The Kier molecular flexibility index (Phi) is 3.63. The lowest BCUT2D eigenvalue weighted by molar-refractivity contribution is -0.140. The summed E-state index contributed by atoms with van der Waals surface area (Å²) in [6.45, 7) is 0. The Labute approximate surface area is 75.9 Å². The maximum Gasteiger partial charge on any atom is 0.303 e. The molecule has 2 nitrogen and oxygen atoms in total. The van der Waals surface area contributed by atoms with E-state index in [1.165, 1.54) is 0 Å². The minimum absolute atomic E-state index is 0.0731. The molecular weight excluding hydrogens is 178 g/mol. The molecule has 76 valence electrons. The van der Waals surface area contributed by atoms with Gasteiger partial charge >= 0.3 is 5.97 Å². The Bertz CT molecular complexity index is 176. The second-order valence-electron chi connectivity index (χ2n) is 3.64. The van der Waals surface area contributed by atoms with Gasteiger partial charge < -0.3 is 5.11 Å². The van der Waals surface area contributed by atoms with Gasteiger partial charge in [-0.1, -0.05) is 12.8 Å². The van der Waals surface area contributed by atoms with E-state index >= 15 is 0 Å². The number of halogens is 2. The lowest BCUT2D eigenvalue weighted by Crippen LogP contribution is -2.23. The third kappa shape index (κ3) is 2.94. The highest BCUT2D eigenvalue weighted by atomic mass is 19.3. The normalized spacial score (nSPS) is 20.8. The Morgan fingerprint density at radius 2 is 1.92 bits per heavy atom. The molecule has 0 spiro atoms. The molecule has 1 fully saturated rings. The predicted octanol–water partition coefficient (Wildman–Crippen LogP) is 2.53. The van der Waals surface area contributed by atoms with Crippen LogP contribution in [0.15, 0.2) is 0 Å². The number of carboxylic acid groups (broad SMARTS) is 1. The molecule has 0 aromatic rings. The van der Waals surface area contributed by atoms with Gasteiger partial charge in [-0.25, -0.2) is 8.78 Å². The van der Waals surface area contributed by atoms with Gasteiger partial charge in [-0.15, -0.1) is 0 Å². The summed E-state index contributed by atoms with van der Waals surface area (Å²) in [6, 6.07) is 0. The van der Waals surface area contributed by atoms with Crippen LogP contribution in [0, 0.1) is 11.8 Å². The summed E-state index contributed by atoms with van der Waals surface area (Å²) in [5.74, 6) is -2.12. The molecule has 13 heavy (non-hydrogen) atoms. The molecule has 1 aliphatic carbocycles. The van der Waals surface area contributed by atoms with Crippen LogP contribution in [-0.4, -0.2) is 17.5 Å². The van der Waals surface area contributed by atoms with E-state index in [2.05, 4.69) is 0 Å². The van der Waals surface area contributed by atoms with Crippen molar-refractivity contribution in [3.8, 4) is 0 Å². The number of hydrogen-bond acceptors (Lipinski definition) is 1. The van der Waals surface area contributed by atoms with Crippen molar-refractivity contribution in [2.45, 2.75) is 38.5 Å². The number of carboxylic acids is 1. The first-order valence-electron chi connectivity index (χ1n) is 4.61. The van der Waals surface area contributed by atoms with Gasteiger partial charge in [0.15, 0.2) is 0 Å². The molecule has 0 aliphatic heterocycles. The summed E-state index contributed by atoms with van der Waals surface area (Å²) in [6.07, 6.45) is 0.590. The predicted molar refractivity (Wildman–Crippen MR) is 43.7 cm³/mol. The molecule has 0 aromatic heterocycles. The number of rotatable bonds is 4. The highest BCUT2D eigenvalue weighted by molar-refractivity contribution is 5.67. The second kappa shape index (κ2) is 4.53. The molecule has 1 unspecified atom stereocenters. The van der Waals surface area contributed by atoms with Crippen molar-refractivity contribution in [3.63, 3.8) is 0 Å². The van der Waals surface area contributed by atoms with Crippen molar-refractivity contribution in [3.05, 3.63) is 0 Å². The van der Waals surface area contributed by atoms with Crippen molar-refractivity contribution in [1.82, 2.24) is 0 Å². The molecule has 1 N–H and O–H groups in total. The molecule has 1 rings (SSSR count). The first-order chi connectivity index (χ1) is 6.11. The maximum absolute atomic E-state index is 12.4. The lowest BCUT2D eigenvalue weighted by atomic mass is 9.88. The van der Waals surface area contributed by atoms with Gasteiger partial charge in [0.05, 0.1) is 6.42 Å². The fourth-order valence-corrected chi connectivity index (χ4v) is 2.05. The van der Waals surface area contributed by atoms with E-state index < -0.39 is 18.3 Å². The molecule has 1 atom stereocenters. The Morgan fingerprint density at radius 1 is 1.38 bits per heavy atom. The summed E-state index contributed by atoms with van der Waals surface area (Å²) >= 11 is 0. The van der Waals surface area contributed by atoms with Crippen LogP contribution < -0.4 is 0 Å². The van der Waals surface area contributed by atoms with Gasteiger partial charge in [0, 0.05) is 5.92 Å². The lowest BCUT2D eigenvalue weighted by Gasteiger charge is -2.20. The first-order valence-corrected chi connectivity index (χ1v) is 4.61. The fraction of sp³-hybridized carbons (Fsp3) is 0.889. The van der Waals surface area contributed by atoms with Crippen molar-refractivity contribution in [2.24, 2.45) is 11.8 Å². The Morgan fingerprint density at radius 3 is 2.31 bits per heavy atom. The van der Waals surface area contributed by atoms with Crippen LogP contribution in [0.25, 0.3) is 0 Å². The molecule has 0 bridgehead atoms. The summed E-state index contributed by atoms with van der Waals surface area (Å²) in [5.41, 5.74) is 0. The average molecular weight is 192 g/mol. The van der Waals surface area contributed by atoms with Crippen molar-refractivity contribution >= 4 is 5.97 Å². The number of alkyl halides is 2. The van der Waals surface area contributed by atoms with E-state index in [0.29, 0.717) is 0 Å². The molecule has 0 saturated heterocycles. The first kappa shape index (κ1) is 10.4. The monoisotopic (exact) mass is 192 g/mol. The zero-order chi connectivity index (χ0) is 9.84. The summed E-state index contributed by atoms with van der Waals surface area (Å²) in [4.78, 5) is 10.3. The van der Waals surface area contributed by atoms with Gasteiger partial charge in [-0.05, 0) is 18.8 Å². The highest BCUT2D eigenvalue weighted by Gasteiger charge is 2.33. The Hall–Kier alpha value is -0.670. The third-order valence-electron chi connectivity index (χ3n) is 2.74. The summed E-state index contributed by atoms with van der Waals surface area (Å²) < 4.78 is 24.9. The van der Waals surface area contributed by atoms with Crippen LogP contribution in [0.3, 0.4) is 0 Å². The molecule has 0 radical (unpaired) electrons. The Balaban J connectivity index is 2.50. The largest absolute Gasteiger partial charge is 0.481 e. The van der Waals surface area contributed by atoms with Gasteiger partial charge in [0.2, 0.25) is 6.43 Å². The van der Waals surface area contributed by atoms with Crippen LogP contribution in [-0.2, 0) is 4.79 Å². The van der Waals surface area contributed by atoms with E-state index in [9.17, 15) is 13.6 Å². The highest BCUT2D eigenvalue weighted by Crippen LogP contribution is 2.36. The SMILES string of the molecule is O=C(O)CC(C(F)F)C1CCCC1. The maximum atomic E-state index is 12.4. The minimum Gasteiger partial charge on any atom is -0.481 e. The van der Waals surface area contributed by atoms with Gasteiger partial charge in [-0.2, -0.15) is 0 Å². The van der Waals surface area contributed by atoms with E-state index in [0.717, 1.165) is 25.7 Å². The van der Waals surface area contributed by atoms with E-state index in [1.54, 1.807) is 0 Å². The zero-order valence-electron chi connectivity index (χ0n) is 7.38. The topological polar surface area (TPSA) is 37.3 Å². The van der Waals surface area contributed by atoms with Crippen molar-refractivity contribution < 1.29 is 18.7 Å². The van der Waals surface area contributed by atoms with E-state index in [4.69, 9.17) is 5.11 Å². The van der Waals surface area contributed by atoms with Crippen LogP contribution >= 0.6 is 0 Å². The van der Waals surface area contributed by atoms with Crippen LogP contribution in [0.4, 0.5) is 8.78 Å². The molecule has 0 amide bonds. The molecule has 1 saturated carbocycles. The average Bonchev–Trinajstić information content (AvgIpc) is 2.50. The van der Waals surface area contributed by atoms with E-state index in [1.807, 2.05) is 0 Å². The molecular formula is C9H14F2O2. The quantitative estimate of drug-likeness (QED) is 0.743. The van der Waals surface area contributed by atoms with Gasteiger partial charge in [0.25, 0.3) is 0 Å². The van der Waals surface area contributed by atoms with Crippen LogP contribution in [0.2, 0.25) is 0 Å². The smallest absolute Gasteiger partial charge is 0.303 e. The summed E-state index contributed by atoms with van der Waals surface area (Å²) in [5, 5.41) is 8.46. The van der Waals surface area contributed by atoms with Crippen LogP contribution in [0.5, 0.6) is 0 Å². The molecule has 1 aliphatic rings. The fourth-order valence-electron chi connectivity index (χ4n) is 2.05. The summed E-state index contributed by atoms with van der Waals surface area (Å²) in [7, 11) is 0. The van der Waals surface area contributed by atoms with Crippen LogP contribution in [0.1, 0.15) is 32.1 Å². The number of aliphatic carboxylic acids is 1. The van der Waals surface area contributed by atoms with E-state index in [-0.39, 0.29) is 12.3 Å². The molecule has 0 aromatic carbocycles. The zero-order valence-corrected chi connectivity index (χ0v) is 7.38. The van der Waals surface area contributed by atoms with Gasteiger partial charge in [0.1, 0.15) is 0 Å². The molecule has 4 heteroatoms.